The van der Waals surface area contributed by atoms with Gasteiger partial charge >= 0.3 is 0 Å². The van der Waals surface area contributed by atoms with Gasteiger partial charge in [0, 0.05) is 18.0 Å². The molecular weight excluding hydrogens is 380 g/mol. The highest BCUT2D eigenvalue weighted by atomic mass is 32.2. The molecule has 0 spiro atoms. The average molecular weight is 407 g/mol. The van der Waals surface area contributed by atoms with Crippen LogP contribution in [0.4, 0.5) is 0 Å². The van der Waals surface area contributed by atoms with Crippen molar-refractivity contribution >= 4 is 27.3 Å². The first-order chi connectivity index (χ1) is 12.8. The van der Waals surface area contributed by atoms with Gasteiger partial charge in [-0.25, -0.2) is 8.42 Å². The van der Waals surface area contributed by atoms with E-state index in [0.29, 0.717) is 19.5 Å². The molecule has 1 aromatic heterocycles. The molecule has 5 nitrogen and oxygen atoms in total. The quantitative estimate of drug-likeness (QED) is 0.740. The van der Waals surface area contributed by atoms with Crippen molar-refractivity contribution in [1.82, 2.24) is 9.21 Å². The summed E-state index contributed by atoms with van der Waals surface area (Å²) in [4.78, 5) is 16.3. The molecule has 0 saturated heterocycles. The van der Waals surface area contributed by atoms with Crippen LogP contribution in [-0.2, 0) is 21.2 Å². The highest BCUT2D eigenvalue weighted by molar-refractivity contribution is 7.88. The van der Waals surface area contributed by atoms with E-state index in [0.717, 1.165) is 23.1 Å². The Morgan fingerprint density at radius 1 is 1.26 bits per heavy atom. The van der Waals surface area contributed by atoms with Gasteiger partial charge in [0.2, 0.25) is 15.9 Å². The zero-order valence-corrected chi connectivity index (χ0v) is 17.6. The van der Waals surface area contributed by atoms with Crippen LogP contribution >= 0.6 is 11.3 Å². The Labute approximate surface area is 165 Å². The van der Waals surface area contributed by atoms with E-state index in [1.165, 1.54) is 15.4 Å². The van der Waals surface area contributed by atoms with Gasteiger partial charge in [-0.1, -0.05) is 31.2 Å². The average Bonchev–Trinajstić information content (AvgIpc) is 3.09. The number of fused-ring (bicyclic) bond motifs is 1. The zero-order chi connectivity index (χ0) is 19.6. The summed E-state index contributed by atoms with van der Waals surface area (Å²) in [5, 5.41) is 2.07. The van der Waals surface area contributed by atoms with E-state index in [1.807, 2.05) is 24.0 Å². The van der Waals surface area contributed by atoms with Crippen molar-refractivity contribution in [2.45, 2.75) is 32.7 Å². The van der Waals surface area contributed by atoms with Crippen molar-refractivity contribution in [2.24, 2.45) is 0 Å². The molecule has 0 unspecified atom stereocenters. The van der Waals surface area contributed by atoms with Gasteiger partial charge in [-0.05, 0) is 47.9 Å². The molecule has 146 valence electrons. The van der Waals surface area contributed by atoms with Crippen LogP contribution in [0.25, 0.3) is 0 Å². The van der Waals surface area contributed by atoms with Gasteiger partial charge in [-0.15, -0.1) is 11.3 Å². The van der Waals surface area contributed by atoms with Gasteiger partial charge in [0.05, 0.1) is 18.8 Å². The lowest BCUT2D eigenvalue weighted by molar-refractivity contribution is -0.133. The molecule has 2 heterocycles. The molecule has 1 atom stereocenters. The number of benzene rings is 1. The van der Waals surface area contributed by atoms with Crippen molar-refractivity contribution in [2.75, 3.05) is 25.9 Å². The van der Waals surface area contributed by atoms with Crippen LogP contribution in [0.2, 0.25) is 0 Å². The summed E-state index contributed by atoms with van der Waals surface area (Å²) in [6, 6.07) is 10.0. The second-order valence-electron chi connectivity index (χ2n) is 6.99. The zero-order valence-electron chi connectivity index (χ0n) is 16.0. The molecular formula is C20H26N2O3S2. The normalized spacial score (nSPS) is 17.2. The highest BCUT2D eigenvalue weighted by Crippen LogP contribution is 2.39. The topological polar surface area (TPSA) is 57.7 Å². The molecule has 0 bridgehead atoms. The molecule has 0 aliphatic carbocycles. The van der Waals surface area contributed by atoms with Crippen LogP contribution < -0.4 is 0 Å². The van der Waals surface area contributed by atoms with Crippen molar-refractivity contribution in [1.29, 1.82) is 0 Å². The minimum absolute atomic E-state index is 0.103. The summed E-state index contributed by atoms with van der Waals surface area (Å²) in [7, 11) is -3.41. The van der Waals surface area contributed by atoms with Gasteiger partial charge in [0.25, 0.3) is 0 Å². The summed E-state index contributed by atoms with van der Waals surface area (Å²) >= 11 is 1.73. The summed E-state index contributed by atoms with van der Waals surface area (Å²) in [6.07, 6.45) is 2.66. The number of hydrogen-bond donors (Lipinski definition) is 0. The van der Waals surface area contributed by atoms with Crippen LogP contribution in [0.1, 0.15) is 41.0 Å². The number of rotatable bonds is 6. The second-order valence-corrected chi connectivity index (χ2v) is 9.98. The van der Waals surface area contributed by atoms with E-state index < -0.39 is 10.0 Å². The lowest BCUT2D eigenvalue weighted by atomic mass is 9.90. The number of amides is 1. The summed E-state index contributed by atoms with van der Waals surface area (Å²) in [5.41, 5.74) is 3.40. The standard InChI is InChI=1S/C20H26N2O3S2/c1-4-11-21(27(3,24)25)14-19(23)22-12-9-18-17(10-13-26-18)20(22)16-8-6-5-7-15(16)2/h5-8,10,13,20H,4,9,11-12,14H2,1-3H3/t20-/m0/s1. The third kappa shape index (κ3) is 4.25. The maximum atomic E-state index is 13.2. The molecule has 7 heteroatoms. The number of hydrogen-bond acceptors (Lipinski definition) is 4. The fourth-order valence-corrected chi connectivity index (χ4v) is 5.43. The molecule has 0 N–H and O–H groups in total. The lowest BCUT2D eigenvalue weighted by Crippen LogP contribution is -2.46. The first kappa shape index (κ1) is 20.0. The lowest BCUT2D eigenvalue weighted by Gasteiger charge is -2.38. The van der Waals surface area contributed by atoms with Crippen molar-refractivity contribution in [3.05, 3.63) is 57.3 Å². The predicted octanol–water partition coefficient (Wildman–Crippen LogP) is 3.20. The van der Waals surface area contributed by atoms with Crippen molar-refractivity contribution in [3.63, 3.8) is 0 Å². The number of aryl methyl sites for hydroxylation is 1. The molecule has 0 radical (unpaired) electrons. The summed E-state index contributed by atoms with van der Waals surface area (Å²) in [5.74, 6) is -0.140. The Morgan fingerprint density at radius 3 is 2.67 bits per heavy atom. The minimum atomic E-state index is -3.41. The van der Waals surface area contributed by atoms with Gasteiger partial charge in [-0.2, -0.15) is 4.31 Å². The Morgan fingerprint density at radius 2 is 2.00 bits per heavy atom. The van der Waals surface area contributed by atoms with Crippen molar-refractivity contribution < 1.29 is 13.2 Å². The Hall–Kier alpha value is -1.70. The molecule has 1 aliphatic rings. The third-order valence-corrected chi connectivity index (χ3v) is 7.27. The molecule has 27 heavy (non-hydrogen) atoms. The first-order valence-electron chi connectivity index (χ1n) is 9.19. The van der Waals surface area contributed by atoms with Crippen LogP contribution in [0.5, 0.6) is 0 Å². The molecule has 1 aromatic carbocycles. The van der Waals surface area contributed by atoms with E-state index >= 15 is 0 Å². The first-order valence-corrected chi connectivity index (χ1v) is 11.9. The second kappa shape index (κ2) is 8.12. The molecule has 0 fully saturated rings. The highest BCUT2D eigenvalue weighted by Gasteiger charge is 2.34. The van der Waals surface area contributed by atoms with Crippen LogP contribution in [0, 0.1) is 6.92 Å². The molecule has 3 rings (SSSR count). The number of sulfonamides is 1. The number of thiophene rings is 1. The summed E-state index contributed by atoms with van der Waals surface area (Å²) < 4.78 is 25.4. The number of carbonyl (C=O) groups excluding carboxylic acids is 1. The molecule has 1 aliphatic heterocycles. The van der Waals surface area contributed by atoms with Crippen LogP contribution in [-0.4, -0.2) is 49.4 Å². The third-order valence-electron chi connectivity index (χ3n) is 5.02. The maximum Gasteiger partial charge on any atom is 0.238 e. The van der Waals surface area contributed by atoms with E-state index in [-0.39, 0.29) is 18.5 Å². The Bertz CT molecular complexity index is 921. The SMILES string of the molecule is CCCN(CC(=O)N1CCc2sccc2[C@@H]1c1ccccc1C)S(C)(=O)=O. The van der Waals surface area contributed by atoms with E-state index in [2.05, 4.69) is 30.5 Å². The fraction of sp³-hybridized carbons (Fsp3) is 0.450. The fourth-order valence-electron chi connectivity index (χ4n) is 3.67. The number of carbonyl (C=O) groups is 1. The summed E-state index contributed by atoms with van der Waals surface area (Å²) in [6.45, 7) is 4.83. The number of nitrogens with zero attached hydrogens (tertiary/aromatic N) is 2. The van der Waals surface area contributed by atoms with Gasteiger partial charge < -0.3 is 4.90 Å². The van der Waals surface area contributed by atoms with Crippen LogP contribution in [0.15, 0.2) is 35.7 Å². The van der Waals surface area contributed by atoms with Gasteiger partial charge in [0.1, 0.15) is 0 Å². The monoisotopic (exact) mass is 406 g/mol. The Balaban J connectivity index is 1.96. The van der Waals surface area contributed by atoms with Gasteiger partial charge in [0.15, 0.2) is 0 Å². The Kier molecular flexibility index (Phi) is 6.03. The molecule has 1 amide bonds. The minimum Gasteiger partial charge on any atom is -0.330 e. The van der Waals surface area contributed by atoms with Gasteiger partial charge in [-0.3, -0.25) is 4.79 Å². The van der Waals surface area contributed by atoms with E-state index in [1.54, 1.807) is 11.3 Å². The van der Waals surface area contributed by atoms with Crippen molar-refractivity contribution in [3.8, 4) is 0 Å². The van der Waals surface area contributed by atoms with Crippen LogP contribution in [0.3, 0.4) is 0 Å². The molecule has 2 aromatic rings. The maximum absolute atomic E-state index is 13.2. The van der Waals surface area contributed by atoms with E-state index in [4.69, 9.17) is 0 Å². The largest absolute Gasteiger partial charge is 0.330 e. The smallest absolute Gasteiger partial charge is 0.238 e. The molecule has 0 saturated carbocycles. The van der Waals surface area contributed by atoms with E-state index in [9.17, 15) is 13.2 Å². The predicted molar refractivity (Wildman–Crippen MR) is 109 cm³/mol.